The van der Waals surface area contributed by atoms with E-state index in [1.54, 1.807) is 31.4 Å². The Morgan fingerprint density at radius 3 is 2.69 bits per heavy atom. The predicted octanol–water partition coefficient (Wildman–Crippen LogP) is 3.93. The van der Waals surface area contributed by atoms with Gasteiger partial charge < -0.3 is 24.2 Å². The van der Waals surface area contributed by atoms with Crippen molar-refractivity contribution in [3.05, 3.63) is 82.9 Å². The van der Waals surface area contributed by atoms with E-state index in [0.29, 0.717) is 40.1 Å². The first-order valence-electron chi connectivity index (χ1n) is 11.5. The summed E-state index contributed by atoms with van der Waals surface area (Å²) >= 11 is 1.11. The molecule has 1 N–H and O–H groups in total. The highest BCUT2D eigenvalue weighted by atomic mass is 32.1. The number of esters is 1. The van der Waals surface area contributed by atoms with Crippen LogP contribution in [0.4, 0.5) is 5.69 Å². The van der Waals surface area contributed by atoms with Gasteiger partial charge in [0, 0.05) is 24.6 Å². The van der Waals surface area contributed by atoms with E-state index in [9.17, 15) is 9.90 Å². The van der Waals surface area contributed by atoms with Crippen molar-refractivity contribution in [2.75, 3.05) is 32.2 Å². The van der Waals surface area contributed by atoms with Crippen LogP contribution in [0.15, 0.2) is 66.2 Å². The zero-order chi connectivity index (χ0) is 24.9. The summed E-state index contributed by atoms with van der Waals surface area (Å²) in [4.78, 5) is 15.5. The lowest BCUT2D eigenvalue weighted by Gasteiger charge is -2.29. The van der Waals surface area contributed by atoms with E-state index < -0.39 is 11.8 Å². The molecule has 0 spiro atoms. The molecule has 1 unspecified atom stereocenters. The molecule has 2 aliphatic heterocycles. The van der Waals surface area contributed by atoms with Crippen LogP contribution in [0.1, 0.15) is 16.7 Å². The summed E-state index contributed by atoms with van der Waals surface area (Å²) in [5.74, 6) is -1.08. The van der Waals surface area contributed by atoms with E-state index in [1.165, 1.54) is 0 Å². The molecule has 6 rings (SSSR count). The minimum absolute atomic E-state index is 0.290. The molecule has 4 aromatic rings. The molecule has 182 valence electrons. The number of cyclic esters (lactones) is 1. The van der Waals surface area contributed by atoms with Crippen molar-refractivity contribution in [2.24, 2.45) is 0 Å². The van der Waals surface area contributed by atoms with Crippen molar-refractivity contribution in [3.63, 3.8) is 0 Å². The third-order valence-corrected chi connectivity index (χ3v) is 7.24. The first-order valence-corrected chi connectivity index (χ1v) is 12.2. The topological polar surface area (TPSA) is 94.0 Å². The maximum atomic E-state index is 13.3. The van der Waals surface area contributed by atoms with E-state index in [2.05, 4.69) is 13.6 Å². The molecule has 9 heteroatoms. The van der Waals surface area contributed by atoms with Crippen LogP contribution < -0.4 is 14.4 Å². The smallest absolute Gasteiger partial charge is 0.342 e. The molecule has 0 fully saturated rings. The van der Waals surface area contributed by atoms with Crippen molar-refractivity contribution in [2.45, 2.75) is 12.2 Å². The number of benzene rings is 3. The Bertz CT molecular complexity index is 1510. The molecule has 1 atom stereocenters. The van der Waals surface area contributed by atoms with E-state index >= 15 is 0 Å². The Morgan fingerprint density at radius 1 is 1.08 bits per heavy atom. The second-order valence-corrected chi connectivity index (χ2v) is 9.36. The Kier molecular flexibility index (Phi) is 5.39. The minimum atomic E-state index is -1.94. The van der Waals surface area contributed by atoms with E-state index in [-0.39, 0.29) is 6.42 Å². The van der Waals surface area contributed by atoms with Crippen LogP contribution in [0.25, 0.3) is 16.6 Å². The van der Waals surface area contributed by atoms with E-state index in [0.717, 1.165) is 40.8 Å². The second kappa shape index (κ2) is 8.61. The Labute approximate surface area is 211 Å². The number of rotatable bonds is 5. The van der Waals surface area contributed by atoms with Crippen LogP contribution in [-0.4, -0.2) is 47.1 Å². The maximum absolute atomic E-state index is 13.3. The molecule has 0 saturated carbocycles. The Hall–Kier alpha value is -3.95. The van der Waals surface area contributed by atoms with Gasteiger partial charge in [-0.1, -0.05) is 12.1 Å². The van der Waals surface area contributed by atoms with Crippen LogP contribution in [0.2, 0.25) is 0 Å². The zero-order valence-corrected chi connectivity index (χ0v) is 20.5. The summed E-state index contributed by atoms with van der Waals surface area (Å²) in [6.07, 6.45) is 0.290. The monoisotopic (exact) mass is 501 g/mol. The van der Waals surface area contributed by atoms with Gasteiger partial charge in [0.05, 0.1) is 36.6 Å². The van der Waals surface area contributed by atoms with Gasteiger partial charge in [-0.25, -0.2) is 4.79 Å². The highest BCUT2D eigenvalue weighted by molar-refractivity contribution is 7.00. The normalized spacial score (nSPS) is 19.3. The summed E-state index contributed by atoms with van der Waals surface area (Å²) in [6.45, 7) is 1.41. The highest BCUT2D eigenvalue weighted by Crippen LogP contribution is 2.46. The van der Waals surface area contributed by atoms with Gasteiger partial charge in [0.2, 0.25) is 0 Å². The average molecular weight is 502 g/mol. The Balaban J connectivity index is 1.51. The number of anilines is 1. The quantitative estimate of drug-likeness (QED) is 0.411. The summed E-state index contributed by atoms with van der Waals surface area (Å²) < 4.78 is 25.3. The third-order valence-electron chi connectivity index (χ3n) is 6.68. The SMILES string of the molecule is COc1ccc(C2(O)OC(=O)C(c3ccc4nsnc4c3)=C2Cc2ccc3c(c2)N(C)CCO3)cc1. The molecule has 0 saturated heterocycles. The maximum Gasteiger partial charge on any atom is 0.342 e. The number of nitrogens with zero attached hydrogens (tertiary/aromatic N) is 3. The van der Waals surface area contributed by atoms with Crippen LogP contribution in [0, 0.1) is 0 Å². The van der Waals surface area contributed by atoms with Crippen molar-refractivity contribution in [1.29, 1.82) is 0 Å². The summed E-state index contributed by atoms with van der Waals surface area (Å²) in [7, 11) is 3.59. The highest BCUT2D eigenvalue weighted by Gasteiger charge is 2.48. The van der Waals surface area contributed by atoms with Crippen molar-refractivity contribution >= 4 is 40.0 Å². The lowest BCUT2D eigenvalue weighted by molar-refractivity contribution is -0.185. The average Bonchev–Trinajstić information content (AvgIpc) is 3.46. The number of methoxy groups -OCH3 is 1. The number of carbonyl (C=O) groups is 1. The zero-order valence-electron chi connectivity index (χ0n) is 19.7. The molecule has 2 aliphatic rings. The summed E-state index contributed by atoms with van der Waals surface area (Å²) in [5, 5.41) is 11.9. The first kappa shape index (κ1) is 22.5. The molecule has 1 aromatic heterocycles. The largest absolute Gasteiger partial charge is 0.497 e. The lowest BCUT2D eigenvalue weighted by atomic mass is 9.87. The van der Waals surface area contributed by atoms with E-state index in [4.69, 9.17) is 14.2 Å². The summed E-state index contributed by atoms with van der Waals surface area (Å²) in [6, 6.07) is 18.2. The van der Waals surface area contributed by atoms with Crippen LogP contribution in [-0.2, 0) is 21.7 Å². The molecule has 8 nitrogen and oxygen atoms in total. The van der Waals surface area contributed by atoms with Gasteiger partial charge in [0.15, 0.2) is 0 Å². The number of aliphatic hydroxyl groups is 1. The molecule has 0 bridgehead atoms. The van der Waals surface area contributed by atoms with Gasteiger partial charge in [0.1, 0.15) is 29.1 Å². The summed E-state index contributed by atoms with van der Waals surface area (Å²) in [5.41, 5.74) is 5.17. The predicted molar refractivity (Wildman–Crippen MR) is 136 cm³/mol. The van der Waals surface area contributed by atoms with Gasteiger partial charge in [-0.3, -0.25) is 0 Å². The second-order valence-electron chi connectivity index (χ2n) is 8.83. The van der Waals surface area contributed by atoms with Crippen molar-refractivity contribution in [1.82, 2.24) is 8.75 Å². The van der Waals surface area contributed by atoms with Gasteiger partial charge >= 0.3 is 5.97 Å². The number of fused-ring (bicyclic) bond motifs is 2. The fourth-order valence-electron chi connectivity index (χ4n) is 4.74. The molecule has 3 aromatic carbocycles. The third kappa shape index (κ3) is 3.68. The number of aromatic nitrogens is 2. The minimum Gasteiger partial charge on any atom is -0.497 e. The number of hydrogen-bond donors (Lipinski definition) is 1. The molecule has 0 aliphatic carbocycles. The molecular formula is C27H23N3O5S. The van der Waals surface area contributed by atoms with Gasteiger partial charge in [0.25, 0.3) is 5.79 Å². The van der Waals surface area contributed by atoms with Crippen molar-refractivity contribution in [3.8, 4) is 11.5 Å². The number of ether oxygens (including phenoxy) is 3. The van der Waals surface area contributed by atoms with Crippen LogP contribution in [0.5, 0.6) is 11.5 Å². The fourth-order valence-corrected chi connectivity index (χ4v) is 5.26. The first-order chi connectivity index (χ1) is 17.5. The van der Waals surface area contributed by atoms with Gasteiger partial charge in [-0.05, 0) is 59.7 Å². The molecule has 0 radical (unpaired) electrons. The molecule has 36 heavy (non-hydrogen) atoms. The fraction of sp³-hybridized carbons (Fsp3) is 0.222. The van der Waals surface area contributed by atoms with Crippen molar-refractivity contribution < 1.29 is 24.1 Å². The lowest BCUT2D eigenvalue weighted by Crippen LogP contribution is -2.30. The van der Waals surface area contributed by atoms with Crippen LogP contribution in [0.3, 0.4) is 0 Å². The van der Waals surface area contributed by atoms with E-state index in [1.807, 2.05) is 43.4 Å². The molecular weight excluding hydrogens is 478 g/mol. The van der Waals surface area contributed by atoms with Crippen LogP contribution >= 0.6 is 11.7 Å². The van der Waals surface area contributed by atoms with Gasteiger partial charge in [-0.2, -0.15) is 8.75 Å². The standard InChI is InChI=1S/C27H23N3O5S/c1-30-11-12-34-24-10-3-16(14-23(24)30)13-20-25(17-4-9-21-22(15-17)29-36-28-21)26(31)35-27(20,32)18-5-7-19(33-2)8-6-18/h3-10,14-15,32H,11-13H2,1-2H3. The number of carbonyl (C=O) groups excluding carboxylic acids is 1. The van der Waals surface area contributed by atoms with Gasteiger partial charge in [-0.15, -0.1) is 0 Å². The number of hydrogen-bond acceptors (Lipinski definition) is 9. The molecule has 0 amide bonds. The Morgan fingerprint density at radius 2 is 1.89 bits per heavy atom. The molecule has 3 heterocycles. The number of likely N-dealkylation sites (N-methyl/N-ethyl adjacent to an activating group) is 1.